The van der Waals surface area contributed by atoms with Crippen LogP contribution >= 0.6 is 12.2 Å². The third kappa shape index (κ3) is 3.99. The van der Waals surface area contributed by atoms with E-state index in [9.17, 15) is 17.6 Å². The molecule has 0 saturated heterocycles. The van der Waals surface area contributed by atoms with Gasteiger partial charge in [-0.15, -0.1) is 5.10 Å². The van der Waals surface area contributed by atoms with Crippen molar-refractivity contribution in [1.82, 2.24) is 10.2 Å². The van der Waals surface area contributed by atoms with Crippen LogP contribution in [0.2, 0.25) is 0 Å². The highest BCUT2D eigenvalue weighted by atomic mass is 32.1. The molecular formula is C12H16F4N4S. The molecule has 0 aliphatic carbocycles. The normalized spacial score (nSPS) is 11.8. The van der Waals surface area contributed by atoms with E-state index in [-0.39, 0.29) is 16.4 Å². The van der Waals surface area contributed by atoms with Gasteiger partial charge in [-0.2, -0.15) is 13.9 Å². The van der Waals surface area contributed by atoms with Gasteiger partial charge >= 0.3 is 12.3 Å². The molecule has 21 heavy (non-hydrogen) atoms. The van der Waals surface area contributed by atoms with Crippen molar-refractivity contribution in [2.75, 3.05) is 11.9 Å². The highest BCUT2D eigenvalue weighted by Gasteiger charge is 2.40. The second kappa shape index (κ2) is 6.97. The summed E-state index contributed by atoms with van der Waals surface area (Å²) in [4.78, 5) is -0.0423. The quantitative estimate of drug-likeness (QED) is 0.596. The number of anilines is 1. The number of nitrogens with zero attached hydrogens (tertiary/aromatic N) is 2. The number of hydrogen-bond acceptors (Lipinski definition) is 4. The van der Waals surface area contributed by atoms with Crippen LogP contribution in [-0.2, 0) is 12.8 Å². The van der Waals surface area contributed by atoms with E-state index in [2.05, 4.69) is 15.5 Å². The van der Waals surface area contributed by atoms with Crippen molar-refractivity contribution in [1.29, 1.82) is 0 Å². The number of aromatic nitrogens is 2. The van der Waals surface area contributed by atoms with Gasteiger partial charge in [-0.25, -0.2) is 8.78 Å². The molecule has 1 aromatic heterocycles. The van der Waals surface area contributed by atoms with Crippen LogP contribution in [0.25, 0.3) is 0 Å². The van der Waals surface area contributed by atoms with Crippen LogP contribution in [0.5, 0.6) is 0 Å². The van der Waals surface area contributed by atoms with Gasteiger partial charge < -0.3 is 11.1 Å². The Morgan fingerprint density at radius 2 is 1.90 bits per heavy atom. The first kappa shape index (κ1) is 17.5. The molecule has 118 valence electrons. The molecule has 0 aromatic carbocycles. The van der Waals surface area contributed by atoms with E-state index < -0.39 is 18.9 Å². The first-order valence-electron chi connectivity index (χ1n) is 6.32. The molecule has 9 heteroatoms. The van der Waals surface area contributed by atoms with Crippen LogP contribution < -0.4 is 11.1 Å². The summed E-state index contributed by atoms with van der Waals surface area (Å²) in [6.07, 6.45) is -2.68. The SMILES string of the molecule is CCc1nnc(NCC(F)(F)C(F)F)c(C(N)=S)c1CC. The zero-order valence-electron chi connectivity index (χ0n) is 11.6. The molecule has 1 heterocycles. The van der Waals surface area contributed by atoms with Crippen molar-refractivity contribution < 1.29 is 17.6 Å². The Morgan fingerprint density at radius 1 is 1.29 bits per heavy atom. The van der Waals surface area contributed by atoms with Crippen molar-refractivity contribution >= 4 is 23.0 Å². The van der Waals surface area contributed by atoms with E-state index in [1.807, 2.05) is 13.8 Å². The number of nitrogens with one attached hydrogen (secondary N) is 1. The molecule has 4 nitrogen and oxygen atoms in total. The maximum Gasteiger partial charge on any atom is 0.324 e. The van der Waals surface area contributed by atoms with Gasteiger partial charge in [0.2, 0.25) is 0 Å². The number of nitrogens with two attached hydrogens (primary N) is 1. The maximum absolute atomic E-state index is 13.0. The molecule has 0 aliphatic rings. The van der Waals surface area contributed by atoms with Crippen molar-refractivity contribution in [2.24, 2.45) is 5.73 Å². The zero-order valence-corrected chi connectivity index (χ0v) is 12.4. The van der Waals surface area contributed by atoms with Gasteiger partial charge in [0.1, 0.15) is 4.99 Å². The number of aryl methyl sites for hydroxylation is 1. The first-order chi connectivity index (χ1) is 9.74. The van der Waals surface area contributed by atoms with Gasteiger partial charge in [-0.3, -0.25) is 0 Å². The fourth-order valence-electron chi connectivity index (χ4n) is 1.84. The van der Waals surface area contributed by atoms with Gasteiger partial charge in [-0.1, -0.05) is 26.1 Å². The van der Waals surface area contributed by atoms with Crippen molar-refractivity contribution in [3.8, 4) is 0 Å². The topological polar surface area (TPSA) is 63.8 Å². The van der Waals surface area contributed by atoms with Crippen LogP contribution in [0.15, 0.2) is 0 Å². The molecule has 0 amide bonds. The molecule has 0 saturated carbocycles. The number of halogens is 4. The lowest BCUT2D eigenvalue weighted by molar-refractivity contribution is -0.117. The standard InChI is InChI=1S/C12H16F4N4S/c1-3-6-7(4-2)19-20-10(8(6)9(17)21)18-5-12(15,16)11(13)14/h11H,3-5H2,1-2H3,(H2,17,21)(H,18,20). The lowest BCUT2D eigenvalue weighted by Crippen LogP contribution is -2.35. The Morgan fingerprint density at radius 3 is 2.33 bits per heavy atom. The Hall–Kier alpha value is -1.51. The fourth-order valence-corrected chi connectivity index (χ4v) is 2.06. The van der Waals surface area contributed by atoms with Crippen LogP contribution in [0.3, 0.4) is 0 Å². The number of thiocarbonyl (C=S) groups is 1. The lowest BCUT2D eigenvalue weighted by Gasteiger charge is -2.19. The highest BCUT2D eigenvalue weighted by molar-refractivity contribution is 7.80. The summed E-state index contributed by atoms with van der Waals surface area (Å²) in [5, 5.41) is 9.80. The Bertz CT molecular complexity index is 522. The molecule has 0 atom stereocenters. The molecule has 0 aliphatic heterocycles. The summed E-state index contributed by atoms with van der Waals surface area (Å²) in [5.74, 6) is -4.28. The van der Waals surface area contributed by atoms with Crippen LogP contribution in [0, 0.1) is 0 Å². The summed E-state index contributed by atoms with van der Waals surface area (Å²) in [6, 6.07) is 0. The summed E-state index contributed by atoms with van der Waals surface area (Å²) in [7, 11) is 0. The average Bonchev–Trinajstić information content (AvgIpc) is 2.43. The Kier molecular flexibility index (Phi) is 5.82. The summed E-state index contributed by atoms with van der Waals surface area (Å²) in [6.45, 7) is 2.41. The number of rotatable bonds is 7. The molecular weight excluding hydrogens is 308 g/mol. The van der Waals surface area contributed by atoms with E-state index in [4.69, 9.17) is 18.0 Å². The average molecular weight is 324 g/mol. The molecule has 1 rings (SSSR count). The molecule has 0 radical (unpaired) electrons. The lowest BCUT2D eigenvalue weighted by atomic mass is 10.0. The van der Waals surface area contributed by atoms with Gasteiger partial charge in [0, 0.05) is 0 Å². The van der Waals surface area contributed by atoms with E-state index in [0.717, 1.165) is 0 Å². The summed E-state index contributed by atoms with van der Waals surface area (Å²) in [5.41, 5.74) is 7.21. The minimum absolute atomic E-state index is 0.0423. The fraction of sp³-hybridized carbons (Fsp3) is 0.583. The maximum atomic E-state index is 13.0. The van der Waals surface area contributed by atoms with Crippen LogP contribution in [0.4, 0.5) is 23.4 Å². The predicted octanol–water partition coefficient (Wildman–Crippen LogP) is 2.55. The summed E-state index contributed by atoms with van der Waals surface area (Å²) < 4.78 is 50.3. The van der Waals surface area contributed by atoms with Crippen LogP contribution in [-0.4, -0.2) is 34.1 Å². The van der Waals surface area contributed by atoms with Crippen molar-refractivity contribution in [2.45, 2.75) is 39.0 Å². The largest absolute Gasteiger partial charge is 0.389 e. The van der Waals surface area contributed by atoms with Gasteiger partial charge in [0.15, 0.2) is 5.82 Å². The van der Waals surface area contributed by atoms with E-state index >= 15 is 0 Å². The second-order valence-corrected chi connectivity index (χ2v) is 4.78. The Balaban J connectivity index is 3.16. The van der Waals surface area contributed by atoms with Crippen LogP contribution in [0.1, 0.15) is 30.7 Å². The van der Waals surface area contributed by atoms with Gasteiger partial charge in [0.05, 0.1) is 17.8 Å². The second-order valence-electron chi connectivity index (χ2n) is 4.34. The van der Waals surface area contributed by atoms with E-state index in [1.54, 1.807) is 0 Å². The molecule has 0 fully saturated rings. The molecule has 0 unspecified atom stereocenters. The summed E-state index contributed by atoms with van der Waals surface area (Å²) >= 11 is 4.90. The number of alkyl halides is 4. The smallest absolute Gasteiger partial charge is 0.324 e. The molecule has 0 spiro atoms. The predicted molar refractivity (Wildman–Crippen MR) is 76.1 cm³/mol. The Labute approximate surface area is 125 Å². The van der Waals surface area contributed by atoms with Gasteiger partial charge in [-0.05, 0) is 18.4 Å². The minimum atomic E-state index is -4.18. The number of hydrogen-bond donors (Lipinski definition) is 2. The highest BCUT2D eigenvalue weighted by Crippen LogP contribution is 2.25. The van der Waals surface area contributed by atoms with E-state index in [0.29, 0.717) is 24.1 Å². The first-order valence-corrected chi connectivity index (χ1v) is 6.73. The third-order valence-electron chi connectivity index (χ3n) is 2.90. The van der Waals surface area contributed by atoms with Crippen molar-refractivity contribution in [3.05, 3.63) is 16.8 Å². The zero-order chi connectivity index (χ0) is 16.2. The van der Waals surface area contributed by atoms with Gasteiger partial charge in [0.25, 0.3) is 0 Å². The minimum Gasteiger partial charge on any atom is -0.389 e. The molecule has 3 N–H and O–H groups in total. The van der Waals surface area contributed by atoms with Crippen molar-refractivity contribution in [3.63, 3.8) is 0 Å². The monoisotopic (exact) mass is 324 g/mol. The molecule has 0 bridgehead atoms. The third-order valence-corrected chi connectivity index (χ3v) is 3.11. The van der Waals surface area contributed by atoms with E-state index in [1.165, 1.54) is 0 Å². The molecule has 1 aromatic rings.